The molecule has 0 N–H and O–H groups in total. The molecule has 0 aromatic heterocycles. The van der Waals surface area contributed by atoms with Gasteiger partial charge in [0.05, 0.1) is 0 Å². The van der Waals surface area contributed by atoms with Gasteiger partial charge in [-0.15, -0.1) is 0 Å². The Labute approximate surface area is 52.0 Å². The van der Waals surface area contributed by atoms with Crippen LogP contribution >= 0.6 is 0 Å². The normalized spacial score (nSPS) is 23.6. The van der Waals surface area contributed by atoms with Crippen LogP contribution < -0.4 is 5.11 Å². The van der Waals surface area contributed by atoms with E-state index >= 15 is 0 Å². The maximum atomic E-state index is 10.4. The minimum atomic E-state index is -1.60. The number of hydrogen-bond acceptors (Lipinski definition) is 3. The average molecular weight is 125 g/mol. The average Bonchev–Trinajstić information content (AvgIpc) is 2.44. The molecular weight excluding hydrogens is 120 g/mol. The van der Waals surface area contributed by atoms with E-state index in [1.807, 2.05) is 0 Å². The third-order valence-corrected chi connectivity index (χ3v) is 1.32. The first-order valence-electron chi connectivity index (χ1n) is 2.56. The van der Waals surface area contributed by atoms with Crippen molar-refractivity contribution in [3.05, 3.63) is 12.2 Å². The van der Waals surface area contributed by atoms with Crippen LogP contribution in [0.3, 0.4) is 0 Å². The minimum absolute atomic E-state index is 0.435. The minimum Gasteiger partial charge on any atom is -0.542 e. The molecule has 0 radical (unpaired) electrons. The van der Waals surface area contributed by atoms with Crippen LogP contribution in [-0.4, -0.2) is 11.8 Å². The second-order valence-electron chi connectivity index (χ2n) is 2.07. The monoisotopic (exact) mass is 125 g/mol. The van der Waals surface area contributed by atoms with Crippen molar-refractivity contribution in [1.29, 1.82) is 0 Å². The number of carbonyl (C=O) groups excluding carboxylic acids is 2. The molecule has 1 rings (SSSR count). The van der Waals surface area contributed by atoms with Gasteiger partial charge in [-0.05, 0) is 6.42 Å². The number of carbonyl (C=O) groups is 2. The molecule has 1 aliphatic rings. The zero-order chi connectivity index (χ0) is 7.02. The zero-order valence-corrected chi connectivity index (χ0v) is 4.72. The van der Waals surface area contributed by atoms with Crippen LogP contribution in [0.15, 0.2) is 12.2 Å². The fraction of sp³-hybridized carbons (Fsp3) is 0.333. The van der Waals surface area contributed by atoms with Gasteiger partial charge in [0.2, 0.25) is 0 Å². The number of aliphatic carboxylic acids is 1. The Balaban J connectivity index is 2.55. The number of hydrogen-bond donors (Lipinski definition) is 0. The van der Waals surface area contributed by atoms with Gasteiger partial charge in [-0.2, -0.15) is 0 Å². The Bertz CT molecular complexity index is 192. The summed E-state index contributed by atoms with van der Waals surface area (Å²) in [5.41, 5.74) is 0.698. The van der Waals surface area contributed by atoms with Crippen LogP contribution in [0, 0.1) is 5.92 Å². The van der Waals surface area contributed by atoms with Gasteiger partial charge in [-0.3, -0.25) is 4.79 Å². The highest BCUT2D eigenvalue weighted by molar-refractivity contribution is 6.34. The smallest absolute Gasteiger partial charge is 0.185 e. The standard InChI is InChI=1S/C6H6O3/c1-3-2-4(3)5(7)6(8)9/h4H,1-2H2,(H,8,9)/p-1. The van der Waals surface area contributed by atoms with E-state index in [0.717, 1.165) is 0 Å². The SMILES string of the molecule is C=C1CC1C(=O)C(=O)[O-]. The van der Waals surface area contributed by atoms with Crippen LogP contribution in [0.1, 0.15) is 6.42 Å². The molecule has 1 aliphatic carbocycles. The summed E-state index contributed by atoms with van der Waals surface area (Å²) in [7, 11) is 0. The summed E-state index contributed by atoms with van der Waals surface area (Å²) in [6, 6.07) is 0. The van der Waals surface area contributed by atoms with Crippen molar-refractivity contribution in [1.82, 2.24) is 0 Å². The fourth-order valence-corrected chi connectivity index (χ4v) is 0.624. The van der Waals surface area contributed by atoms with E-state index in [1.165, 1.54) is 0 Å². The summed E-state index contributed by atoms with van der Waals surface area (Å²) in [6.45, 7) is 3.44. The molecule has 1 fully saturated rings. The van der Waals surface area contributed by atoms with Crippen LogP contribution in [-0.2, 0) is 9.59 Å². The van der Waals surface area contributed by atoms with E-state index in [1.54, 1.807) is 0 Å². The van der Waals surface area contributed by atoms with E-state index < -0.39 is 17.7 Å². The Morgan fingerprint density at radius 2 is 2.11 bits per heavy atom. The lowest BCUT2D eigenvalue weighted by Gasteiger charge is -1.94. The number of ketones is 1. The molecule has 0 aliphatic heterocycles. The Hall–Kier alpha value is -1.12. The van der Waals surface area contributed by atoms with Crippen molar-refractivity contribution in [2.75, 3.05) is 0 Å². The molecule has 0 saturated heterocycles. The maximum Gasteiger partial charge on any atom is 0.185 e. The van der Waals surface area contributed by atoms with Gasteiger partial charge in [0.15, 0.2) is 5.78 Å². The van der Waals surface area contributed by atoms with Gasteiger partial charge in [0, 0.05) is 5.92 Å². The first-order valence-corrected chi connectivity index (χ1v) is 2.56. The number of carboxylic acids is 1. The Morgan fingerprint density at radius 3 is 2.22 bits per heavy atom. The molecule has 0 aromatic rings. The lowest BCUT2D eigenvalue weighted by Crippen LogP contribution is -2.32. The number of Topliss-reactive ketones (excluding diaryl/α,β-unsaturated/α-hetero) is 1. The van der Waals surface area contributed by atoms with E-state index in [4.69, 9.17) is 0 Å². The van der Waals surface area contributed by atoms with Crippen molar-refractivity contribution in [3.63, 3.8) is 0 Å². The van der Waals surface area contributed by atoms with E-state index in [-0.39, 0.29) is 0 Å². The molecule has 9 heavy (non-hydrogen) atoms. The molecule has 3 nitrogen and oxygen atoms in total. The predicted molar refractivity (Wildman–Crippen MR) is 27.3 cm³/mol. The van der Waals surface area contributed by atoms with Crippen molar-refractivity contribution >= 4 is 11.8 Å². The Morgan fingerprint density at radius 1 is 1.67 bits per heavy atom. The largest absolute Gasteiger partial charge is 0.542 e. The molecule has 48 valence electrons. The molecule has 3 heteroatoms. The summed E-state index contributed by atoms with van der Waals surface area (Å²) in [6.07, 6.45) is 0.521. The lowest BCUT2D eigenvalue weighted by atomic mass is 10.2. The lowest BCUT2D eigenvalue weighted by molar-refractivity contribution is -0.300. The quantitative estimate of drug-likeness (QED) is 0.347. The first kappa shape index (κ1) is 6.01. The van der Waals surface area contributed by atoms with Gasteiger partial charge in [0.25, 0.3) is 0 Å². The van der Waals surface area contributed by atoms with Crippen molar-refractivity contribution < 1.29 is 14.7 Å². The predicted octanol–water partition coefficient (Wildman–Crippen LogP) is -1.12. The molecule has 0 heterocycles. The maximum absolute atomic E-state index is 10.4. The van der Waals surface area contributed by atoms with Crippen molar-refractivity contribution in [2.24, 2.45) is 5.92 Å². The van der Waals surface area contributed by atoms with Crippen LogP contribution in [0.2, 0.25) is 0 Å². The van der Waals surface area contributed by atoms with Gasteiger partial charge in [-0.25, -0.2) is 0 Å². The Kier molecular flexibility index (Phi) is 1.12. The van der Waals surface area contributed by atoms with Gasteiger partial charge >= 0.3 is 0 Å². The van der Waals surface area contributed by atoms with E-state index in [0.29, 0.717) is 12.0 Å². The molecule has 1 atom stereocenters. The highest BCUT2D eigenvalue weighted by atomic mass is 16.4. The molecule has 0 spiro atoms. The van der Waals surface area contributed by atoms with E-state index in [2.05, 4.69) is 6.58 Å². The fourth-order valence-electron chi connectivity index (χ4n) is 0.624. The summed E-state index contributed by atoms with van der Waals surface area (Å²) < 4.78 is 0. The first-order chi connectivity index (χ1) is 4.13. The van der Waals surface area contributed by atoms with Crippen molar-refractivity contribution in [3.8, 4) is 0 Å². The second kappa shape index (κ2) is 1.69. The molecule has 0 aromatic carbocycles. The zero-order valence-electron chi connectivity index (χ0n) is 4.72. The number of carboxylic acid groups (broad SMARTS) is 1. The van der Waals surface area contributed by atoms with Crippen LogP contribution in [0.25, 0.3) is 0 Å². The number of rotatable bonds is 2. The summed E-state index contributed by atoms with van der Waals surface area (Å²) in [4.78, 5) is 20.2. The van der Waals surface area contributed by atoms with Crippen molar-refractivity contribution in [2.45, 2.75) is 6.42 Å². The van der Waals surface area contributed by atoms with E-state index in [9.17, 15) is 14.7 Å². The molecular formula is C6H5O3-. The van der Waals surface area contributed by atoms with Gasteiger partial charge in [-0.1, -0.05) is 12.2 Å². The topological polar surface area (TPSA) is 57.2 Å². The highest BCUT2D eigenvalue weighted by Gasteiger charge is 2.34. The summed E-state index contributed by atoms with van der Waals surface area (Å²) in [5.74, 6) is -2.87. The van der Waals surface area contributed by atoms with Crippen LogP contribution in [0.5, 0.6) is 0 Å². The summed E-state index contributed by atoms with van der Waals surface area (Å²) >= 11 is 0. The van der Waals surface area contributed by atoms with Gasteiger partial charge in [0.1, 0.15) is 5.97 Å². The van der Waals surface area contributed by atoms with Crippen LogP contribution in [0.4, 0.5) is 0 Å². The molecule has 1 unspecified atom stereocenters. The molecule has 0 bridgehead atoms. The second-order valence-corrected chi connectivity index (χ2v) is 2.07. The third-order valence-electron chi connectivity index (χ3n) is 1.32. The summed E-state index contributed by atoms with van der Waals surface area (Å²) in [5, 5.41) is 9.82. The molecule has 0 amide bonds. The number of allylic oxidation sites excluding steroid dienone is 1. The molecule has 1 saturated carbocycles. The highest BCUT2D eigenvalue weighted by Crippen LogP contribution is 2.35. The third kappa shape index (κ3) is 0.988. The van der Waals surface area contributed by atoms with Gasteiger partial charge < -0.3 is 9.90 Å².